The summed E-state index contributed by atoms with van der Waals surface area (Å²) < 4.78 is 0. The van der Waals surface area contributed by atoms with Crippen LogP contribution >= 0.6 is 0 Å². The Kier molecular flexibility index (Phi) is 4.74. The summed E-state index contributed by atoms with van der Waals surface area (Å²) in [7, 11) is 1.61. The van der Waals surface area contributed by atoms with Gasteiger partial charge in [-0.2, -0.15) is 0 Å². The fraction of sp³-hybridized carbons (Fsp3) is 0.571. The molecule has 0 spiro atoms. The number of amides is 1. The Bertz CT molecular complexity index is 436. The third-order valence-corrected chi connectivity index (χ3v) is 3.61. The molecule has 1 unspecified atom stereocenters. The minimum Gasteiger partial charge on any atom is -0.396 e. The summed E-state index contributed by atoms with van der Waals surface area (Å²) in [5, 5.41) is 11.5. The molecule has 2 N–H and O–H groups in total. The van der Waals surface area contributed by atoms with Crippen LogP contribution in [-0.2, 0) is 0 Å². The van der Waals surface area contributed by atoms with Crippen LogP contribution in [0.15, 0.2) is 18.3 Å². The molecule has 1 amide bonds. The maximum Gasteiger partial charge on any atom is 0.269 e. The van der Waals surface area contributed by atoms with Crippen LogP contribution in [0.4, 0.5) is 5.69 Å². The summed E-state index contributed by atoms with van der Waals surface area (Å²) in [5.41, 5.74) is 1.50. The number of nitrogens with one attached hydrogen (secondary N) is 1. The molecule has 0 aromatic carbocycles. The maximum absolute atomic E-state index is 11.6. The Morgan fingerprint density at radius 1 is 1.63 bits per heavy atom. The van der Waals surface area contributed by atoms with E-state index in [2.05, 4.69) is 15.2 Å². The number of carbonyl (C=O) groups is 1. The van der Waals surface area contributed by atoms with Gasteiger partial charge in [-0.1, -0.05) is 0 Å². The number of aromatic nitrogens is 1. The summed E-state index contributed by atoms with van der Waals surface area (Å²) >= 11 is 0. The van der Waals surface area contributed by atoms with Gasteiger partial charge in [0.15, 0.2) is 0 Å². The zero-order valence-electron chi connectivity index (χ0n) is 11.3. The molecule has 0 aliphatic carbocycles. The molecule has 0 radical (unpaired) electrons. The van der Waals surface area contributed by atoms with E-state index >= 15 is 0 Å². The molecule has 1 aromatic rings. The van der Waals surface area contributed by atoms with Gasteiger partial charge in [0, 0.05) is 38.1 Å². The molecule has 19 heavy (non-hydrogen) atoms. The van der Waals surface area contributed by atoms with Crippen molar-refractivity contribution in [1.29, 1.82) is 0 Å². The second kappa shape index (κ2) is 6.52. The van der Waals surface area contributed by atoms with Crippen LogP contribution in [0.25, 0.3) is 0 Å². The largest absolute Gasteiger partial charge is 0.396 e. The number of aliphatic hydroxyl groups is 1. The van der Waals surface area contributed by atoms with Crippen molar-refractivity contribution in [3.63, 3.8) is 0 Å². The second-order valence-corrected chi connectivity index (χ2v) is 4.83. The SMILES string of the molecule is CNC(=O)c1cc(N2CCCC2CCCO)ccn1. The van der Waals surface area contributed by atoms with Gasteiger partial charge in [-0.15, -0.1) is 0 Å². The molecule has 2 heterocycles. The molecule has 5 nitrogen and oxygen atoms in total. The number of pyridine rings is 1. The van der Waals surface area contributed by atoms with Crippen LogP contribution in [0.5, 0.6) is 0 Å². The molecule has 1 atom stereocenters. The third kappa shape index (κ3) is 3.23. The fourth-order valence-corrected chi connectivity index (χ4v) is 2.65. The fourth-order valence-electron chi connectivity index (χ4n) is 2.65. The number of hydrogen-bond donors (Lipinski definition) is 2. The molecule has 1 fully saturated rings. The van der Waals surface area contributed by atoms with Crippen molar-refractivity contribution >= 4 is 11.6 Å². The molecular weight excluding hydrogens is 242 g/mol. The van der Waals surface area contributed by atoms with Crippen LogP contribution < -0.4 is 10.2 Å². The Morgan fingerprint density at radius 3 is 3.21 bits per heavy atom. The van der Waals surface area contributed by atoms with Gasteiger partial charge in [0.25, 0.3) is 5.91 Å². The molecule has 104 valence electrons. The lowest BCUT2D eigenvalue weighted by Crippen LogP contribution is -2.30. The molecular formula is C14H21N3O2. The lowest BCUT2D eigenvalue weighted by atomic mass is 10.1. The number of nitrogens with zero attached hydrogens (tertiary/aromatic N) is 2. The second-order valence-electron chi connectivity index (χ2n) is 4.83. The number of rotatable bonds is 5. The average Bonchev–Trinajstić information content (AvgIpc) is 2.92. The number of aliphatic hydroxyl groups excluding tert-OH is 1. The molecule has 0 saturated carbocycles. The molecule has 1 aliphatic rings. The molecule has 1 aliphatic heterocycles. The van der Waals surface area contributed by atoms with E-state index in [-0.39, 0.29) is 12.5 Å². The minimum absolute atomic E-state index is 0.159. The van der Waals surface area contributed by atoms with E-state index in [9.17, 15) is 4.79 Å². The van der Waals surface area contributed by atoms with Crippen LogP contribution in [0.3, 0.4) is 0 Å². The Hall–Kier alpha value is -1.62. The molecule has 1 aromatic heterocycles. The first-order chi connectivity index (χ1) is 9.26. The van der Waals surface area contributed by atoms with Crippen molar-refractivity contribution in [3.8, 4) is 0 Å². The predicted molar refractivity (Wildman–Crippen MR) is 74.3 cm³/mol. The van der Waals surface area contributed by atoms with Gasteiger partial charge in [0.1, 0.15) is 5.69 Å². The highest BCUT2D eigenvalue weighted by molar-refractivity contribution is 5.92. The van der Waals surface area contributed by atoms with Gasteiger partial charge >= 0.3 is 0 Å². The normalized spacial score (nSPS) is 18.6. The van der Waals surface area contributed by atoms with Crippen molar-refractivity contribution in [3.05, 3.63) is 24.0 Å². The highest BCUT2D eigenvalue weighted by Gasteiger charge is 2.24. The summed E-state index contributed by atoms with van der Waals surface area (Å²) in [5.74, 6) is -0.159. The summed E-state index contributed by atoms with van der Waals surface area (Å²) in [4.78, 5) is 18.0. The summed E-state index contributed by atoms with van der Waals surface area (Å²) in [6.07, 6.45) is 5.81. The monoisotopic (exact) mass is 263 g/mol. The first-order valence-electron chi connectivity index (χ1n) is 6.82. The predicted octanol–water partition coefficient (Wildman–Crippen LogP) is 1.18. The summed E-state index contributed by atoms with van der Waals surface area (Å²) in [6.45, 7) is 1.25. The Morgan fingerprint density at radius 2 is 2.47 bits per heavy atom. The van der Waals surface area contributed by atoms with Gasteiger partial charge in [-0.05, 0) is 37.8 Å². The molecule has 2 rings (SSSR count). The topological polar surface area (TPSA) is 65.5 Å². The summed E-state index contributed by atoms with van der Waals surface area (Å²) in [6, 6.07) is 4.26. The molecule has 1 saturated heterocycles. The van der Waals surface area contributed by atoms with Crippen LogP contribution in [0, 0.1) is 0 Å². The lowest BCUT2D eigenvalue weighted by molar-refractivity contribution is 0.0958. The van der Waals surface area contributed by atoms with E-state index in [1.54, 1.807) is 13.2 Å². The van der Waals surface area contributed by atoms with Gasteiger partial charge in [-0.3, -0.25) is 9.78 Å². The molecule has 5 heteroatoms. The standard InChI is InChI=1S/C14H21N3O2/c1-15-14(19)13-10-12(6-7-16-13)17-8-2-4-11(17)5-3-9-18/h6-7,10-11,18H,2-5,8-9H2,1H3,(H,15,19). The average molecular weight is 263 g/mol. The Labute approximate surface area is 113 Å². The van der Waals surface area contributed by atoms with Crippen molar-refractivity contribution in [1.82, 2.24) is 10.3 Å². The Balaban J connectivity index is 2.14. The highest BCUT2D eigenvalue weighted by Crippen LogP contribution is 2.28. The number of carbonyl (C=O) groups excluding carboxylic acids is 1. The van der Waals surface area contributed by atoms with E-state index in [1.807, 2.05) is 12.1 Å². The van der Waals surface area contributed by atoms with E-state index in [4.69, 9.17) is 5.11 Å². The van der Waals surface area contributed by atoms with E-state index < -0.39 is 0 Å². The van der Waals surface area contributed by atoms with Crippen molar-refractivity contribution in [2.75, 3.05) is 25.1 Å². The van der Waals surface area contributed by atoms with Crippen molar-refractivity contribution in [2.24, 2.45) is 0 Å². The van der Waals surface area contributed by atoms with E-state index in [0.717, 1.165) is 37.9 Å². The molecule has 0 bridgehead atoms. The first kappa shape index (κ1) is 13.8. The van der Waals surface area contributed by atoms with E-state index in [1.165, 1.54) is 0 Å². The number of hydrogen-bond acceptors (Lipinski definition) is 4. The number of anilines is 1. The quantitative estimate of drug-likeness (QED) is 0.837. The van der Waals surface area contributed by atoms with Gasteiger partial charge in [-0.25, -0.2) is 0 Å². The minimum atomic E-state index is -0.159. The highest BCUT2D eigenvalue weighted by atomic mass is 16.2. The van der Waals surface area contributed by atoms with Crippen molar-refractivity contribution in [2.45, 2.75) is 31.7 Å². The maximum atomic E-state index is 11.6. The van der Waals surface area contributed by atoms with E-state index in [0.29, 0.717) is 11.7 Å². The lowest BCUT2D eigenvalue weighted by Gasteiger charge is -2.26. The van der Waals surface area contributed by atoms with Gasteiger partial charge < -0.3 is 15.3 Å². The van der Waals surface area contributed by atoms with Crippen LogP contribution in [0.1, 0.15) is 36.2 Å². The smallest absolute Gasteiger partial charge is 0.269 e. The zero-order valence-corrected chi connectivity index (χ0v) is 11.3. The zero-order chi connectivity index (χ0) is 13.7. The van der Waals surface area contributed by atoms with Crippen LogP contribution in [0.2, 0.25) is 0 Å². The van der Waals surface area contributed by atoms with Crippen molar-refractivity contribution < 1.29 is 9.90 Å². The van der Waals surface area contributed by atoms with Crippen LogP contribution in [-0.4, -0.2) is 42.2 Å². The van der Waals surface area contributed by atoms with Gasteiger partial charge in [0.2, 0.25) is 0 Å². The first-order valence-corrected chi connectivity index (χ1v) is 6.82. The third-order valence-electron chi connectivity index (χ3n) is 3.61. The van der Waals surface area contributed by atoms with Gasteiger partial charge in [0.05, 0.1) is 0 Å².